The van der Waals surface area contributed by atoms with Gasteiger partial charge in [-0.25, -0.2) is 13.1 Å². The molecule has 0 radical (unpaired) electrons. The molecule has 6 heteroatoms. The highest BCUT2D eigenvalue weighted by molar-refractivity contribution is 7.89. The molecule has 0 aliphatic heterocycles. The number of benzene rings is 1. The van der Waals surface area contributed by atoms with Crippen LogP contribution in [0.15, 0.2) is 48.8 Å². The molecule has 0 bridgehead atoms. The van der Waals surface area contributed by atoms with Crippen molar-refractivity contribution in [3.05, 3.63) is 54.4 Å². The van der Waals surface area contributed by atoms with Crippen molar-refractivity contribution in [1.82, 2.24) is 9.71 Å². The lowest BCUT2D eigenvalue weighted by Gasteiger charge is -2.17. The Morgan fingerprint density at radius 2 is 1.61 bits per heavy atom. The quantitative estimate of drug-likeness (QED) is 0.845. The van der Waals surface area contributed by atoms with Gasteiger partial charge in [0.25, 0.3) is 0 Å². The first-order chi connectivity index (χ1) is 10.9. The molecule has 124 valence electrons. The van der Waals surface area contributed by atoms with Crippen molar-refractivity contribution < 1.29 is 13.2 Å². The summed E-state index contributed by atoms with van der Waals surface area (Å²) in [5, 5.41) is 0. The Morgan fingerprint density at radius 1 is 1.04 bits per heavy atom. The van der Waals surface area contributed by atoms with Crippen LogP contribution in [-0.2, 0) is 14.8 Å². The van der Waals surface area contributed by atoms with E-state index in [-0.39, 0.29) is 17.9 Å². The Bertz CT molecular complexity index is 715. The van der Waals surface area contributed by atoms with Crippen molar-refractivity contribution in [3.8, 4) is 11.1 Å². The maximum atomic E-state index is 12.1. The number of ether oxygens (including phenoxy) is 1. The van der Waals surface area contributed by atoms with Crippen LogP contribution in [0, 0.1) is 0 Å². The Labute approximate surface area is 137 Å². The molecule has 0 aliphatic carbocycles. The van der Waals surface area contributed by atoms with Gasteiger partial charge in [0, 0.05) is 25.5 Å². The molecule has 2 atom stereocenters. The number of hydrogen-bond acceptors (Lipinski definition) is 4. The molecule has 0 unspecified atom stereocenters. The van der Waals surface area contributed by atoms with E-state index < -0.39 is 10.0 Å². The van der Waals surface area contributed by atoms with Gasteiger partial charge in [-0.2, -0.15) is 0 Å². The zero-order valence-electron chi connectivity index (χ0n) is 13.6. The predicted octanol–water partition coefficient (Wildman–Crippen LogP) is 2.76. The Morgan fingerprint density at radius 3 is 2.17 bits per heavy atom. The molecule has 23 heavy (non-hydrogen) atoms. The van der Waals surface area contributed by atoms with Gasteiger partial charge in [-0.3, -0.25) is 4.98 Å². The fourth-order valence-corrected chi connectivity index (χ4v) is 3.80. The van der Waals surface area contributed by atoms with Gasteiger partial charge >= 0.3 is 0 Å². The average Bonchev–Trinajstić information content (AvgIpc) is 2.54. The van der Waals surface area contributed by atoms with Crippen molar-refractivity contribution in [2.45, 2.75) is 26.0 Å². The first kappa shape index (κ1) is 17.6. The van der Waals surface area contributed by atoms with Gasteiger partial charge in [0.2, 0.25) is 10.0 Å². The normalized spacial score (nSPS) is 14.4. The third-order valence-electron chi connectivity index (χ3n) is 3.64. The standard InChI is InChI=1S/C17H22N2O3S/c1-13(22-3)12-23(20,21)19-14(2)15-4-6-16(7-5-15)17-8-10-18-11-9-17/h4-11,13-14,19H,12H2,1-3H3/t13-,14-/m0/s1. The molecule has 1 heterocycles. The molecule has 0 fully saturated rings. The first-order valence-electron chi connectivity index (χ1n) is 7.44. The molecule has 0 saturated heterocycles. The molecule has 2 aromatic rings. The molecule has 5 nitrogen and oxygen atoms in total. The number of aromatic nitrogens is 1. The van der Waals surface area contributed by atoms with E-state index in [4.69, 9.17) is 4.74 Å². The molecule has 0 spiro atoms. The lowest BCUT2D eigenvalue weighted by atomic mass is 10.0. The van der Waals surface area contributed by atoms with Crippen LogP contribution in [0.1, 0.15) is 25.5 Å². The number of nitrogens with zero attached hydrogens (tertiary/aromatic N) is 1. The number of hydrogen-bond donors (Lipinski definition) is 1. The van der Waals surface area contributed by atoms with Crippen LogP contribution >= 0.6 is 0 Å². The van der Waals surface area contributed by atoms with Crippen LogP contribution < -0.4 is 4.72 Å². The Kier molecular flexibility index (Phi) is 5.87. The van der Waals surface area contributed by atoms with Gasteiger partial charge in [-0.15, -0.1) is 0 Å². The fourth-order valence-electron chi connectivity index (χ4n) is 2.27. The number of sulfonamides is 1. The Hall–Kier alpha value is -1.76. The third kappa shape index (κ3) is 5.13. The second-order valence-electron chi connectivity index (χ2n) is 5.53. The van der Waals surface area contributed by atoms with Crippen molar-refractivity contribution in [3.63, 3.8) is 0 Å². The summed E-state index contributed by atoms with van der Waals surface area (Å²) in [4.78, 5) is 4.00. The molecule has 2 rings (SSSR count). The van der Waals surface area contributed by atoms with Crippen molar-refractivity contribution in [2.75, 3.05) is 12.9 Å². The van der Waals surface area contributed by atoms with Gasteiger partial charge in [0.05, 0.1) is 11.9 Å². The number of pyridine rings is 1. The summed E-state index contributed by atoms with van der Waals surface area (Å²) in [7, 11) is -1.88. The summed E-state index contributed by atoms with van der Waals surface area (Å²) in [5.41, 5.74) is 3.06. The van der Waals surface area contributed by atoms with Crippen LogP contribution in [0.3, 0.4) is 0 Å². The topological polar surface area (TPSA) is 68.3 Å². The summed E-state index contributed by atoms with van der Waals surface area (Å²) in [6.45, 7) is 3.56. The van der Waals surface area contributed by atoms with E-state index in [2.05, 4.69) is 9.71 Å². The largest absolute Gasteiger partial charge is 0.381 e. The SMILES string of the molecule is CO[C@@H](C)CS(=O)(=O)N[C@@H](C)c1ccc(-c2ccncc2)cc1. The monoisotopic (exact) mass is 334 g/mol. The molecule has 1 aromatic carbocycles. The van der Waals surface area contributed by atoms with Crippen molar-refractivity contribution in [1.29, 1.82) is 0 Å². The zero-order chi connectivity index (χ0) is 16.9. The van der Waals surface area contributed by atoms with Crippen LogP contribution in [0.5, 0.6) is 0 Å². The van der Waals surface area contributed by atoms with Crippen molar-refractivity contribution >= 4 is 10.0 Å². The van der Waals surface area contributed by atoms with Crippen LogP contribution in [0.2, 0.25) is 0 Å². The summed E-state index contributed by atoms with van der Waals surface area (Å²) in [6, 6.07) is 11.4. The van der Waals surface area contributed by atoms with Crippen LogP contribution in [0.25, 0.3) is 11.1 Å². The van der Waals surface area contributed by atoms with E-state index in [9.17, 15) is 8.42 Å². The highest BCUT2D eigenvalue weighted by Gasteiger charge is 2.19. The third-order valence-corrected chi connectivity index (χ3v) is 5.26. The van der Waals surface area contributed by atoms with Gasteiger partial charge in [0.15, 0.2) is 0 Å². The summed E-state index contributed by atoms with van der Waals surface area (Å²) in [5.74, 6) is -0.0526. The van der Waals surface area contributed by atoms with Gasteiger partial charge in [0.1, 0.15) is 0 Å². The minimum absolute atomic E-state index is 0.0526. The maximum absolute atomic E-state index is 12.1. The van der Waals surface area contributed by atoms with E-state index in [0.717, 1.165) is 16.7 Å². The van der Waals surface area contributed by atoms with Crippen LogP contribution in [0.4, 0.5) is 0 Å². The Balaban J connectivity index is 2.07. The van der Waals surface area contributed by atoms with Gasteiger partial charge in [-0.1, -0.05) is 24.3 Å². The van der Waals surface area contributed by atoms with Crippen LogP contribution in [-0.4, -0.2) is 32.4 Å². The fraction of sp³-hybridized carbons (Fsp3) is 0.353. The number of methoxy groups -OCH3 is 1. The first-order valence-corrected chi connectivity index (χ1v) is 9.09. The van der Waals surface area contributed by atoms with Gasteiger partial charge < -0.3 is 4.74 Å². The highest BCUT2D eigenvalue weighted by Crippen LogP contribution is 2.21. The van der Waals surface area contributed by atoms with E-state index >= 15 is 0 Å². The van der Waals surface area contributed by atoms with E-state index in [1.54, 1.807) is 19.3 Å². The predicted molar refractivity (Wildman–Crippen MR) is 91.5 cm³/mol. The van der Waals surface area contributed by atoms with E-state index in [1.165, 1.54) is 7.11 Å². The summed E-state index contributed by atoms with van der Waals surface area (Å²) in [6.07, 6.45) is 3.15. The molecule has 0 saturated carbocycles. The molecule has 0 amide bonds. The average molecular weight is 334 g/mol. The molecule has 1 N–H and O–H groups in total. The molecule has 1 aromatic heterocycles. The molecule has 0 aliphatic rings. The van der Waals surface area contributed by atoms with E-state index in [1.807, 2.05) is 43.3 Å². The number of rotatable bonds is 7. The minimum atomic E-state index is -3.39. The zero-order valence-corrected chi connectivity index (χ0v) is 14.4. The summed E-state index contributed by atoms with van der Waals surface area (Å²) >= 11 is 0. The lowest BCUT2D eigenvalue weighted by Crippen LogP contribution is -2.33. The second kappa shape index (κ2) is 7.68. The highest BCUT2D eigenvalue weighted by atomic mass is 32.2. The minimum Gasteiger partial charge on any atom is -0.381 e. The molecular weight excluding hydrogens is 312 g/mol. The molecular formula is C17H22N2O3S. The maximum Gasteiger partial charge on any atom is 0.214 e. The van der Waals surface area contributed by atoms with E-state index in [0.29, 0.717) is 0 Å². The second-order valence-corrected chi connectivity index (χ2v) is 7.32. The lowest BCUT2D eigenvalue weighted by molar-refractivity contribution is 0.136. The van der Waals surface area contributed by atoms with Crippen molar-refractivity contribution in [2.24, 2.45) is 0 Å². The number of nitrogens with one attached hydrogen (secondary N) is 1. The van der Waals surface area contributed by atoms with Gasteiger partial charge in [-0.05, 0) is 42.7 Å². The summed E-state index contributed by atoms with van der Waals surface area (Å²) < 4.78 is 31.8. The smallest absolute Gasteiger partial charge is 0.214 e.